The Morgan fingerprint density at radius 3 is 1.93 bits per heavy atom. The molecule has 0 aliphatic rings. The van der Waals surface area contributed by atoms with Crippen molar-refractivity contribution in [2.75, 3.05) is 37.3 Å². The lowest BCUT2D eigenvalue weighted by Gasteiger charge is -2.26. The van der Waals surface area contributed by atoms with Gasteiger partial charge in [0.1, 0.15) is 6.04 Å². The van der Waals surface area contributed by atoms with E-state index in [0.29, 0.717) is 0 Å². The monoisotopic (exact) mass is 620 g/mol. The summed E-state index contributed by atoms with van der Waals surface area (Å²) in [5, 5.41) is 2.56. The molecule has 0 saturated heterocycles. The first-order chi connectivity index (χ1) is 20.5. The molecule has 2 aromatic carbocycles. The highest BCUT2D eigenvalue weighted by Gasteiger charge is 2.31. The van der Waals surface area contributed by atoms with Crippen LogP contribution >= 0.6 is 0 Å². The molecule has 0 spiro atoms. The minimum atomic E-state index is -4.22. The van der Waals surface area contributed by atoms with Crippen molar-refractivity contribution in [1.29, 1.82) is 0 Å². The zero-order valence-electron chi connectivity index (χ0n) is 25.2. The van der Waals surface area contributed by atoms with Crippen molar-refractivity contribution in [3.63, 3.8) is 0 Å². The number of anilines is 1. The maximum Gasteiger partial charge on any atom is 0.328 e. The molecule has 1 amide bonds. The van der Waals surface area contributed by atoms with Crippen LogP contribution in [0.25, 0.3) is 0 Å². The van der Waals surface area contributed by atoms with Crippen molar-refractivity contribution in [3.8, 4) is 0 Å². The molecule has 1 unspecified atom stereocenters. The largest absolute Gasteiger partial charge is 0.466 e. The Balaban J connectivity index is 2.37. The summed E-state index contributed by atoms with van der Waals surface area (Å²) in [6, 6.07) is 10.5. The van der Waals surface area contributed by atoms with Crippen LogP contribution in [-0.4, -0.2) is 77.4 Å². The number of benzene rings is 2. The lowest BCUT2D eigenvalue weighted by Crippen LogP contribution is -2.42. The van der Waals surface area contributed by atoms with Crippen molar-refractivity contribution in [3.05, 3.63) is 59.7 Å². The number of amides is 1. The molecule has 0 aliphatic heterocycles. The molecule has 236 valence electrons. The number of ether oxygens (including phenoxy) is 4. The summed E-state index contributed by atoms with van der Waals surface area (Å²) >= 11 is 0. The van der Waals surface area contributed by atoms with E-state index in [-0.39, 0.29) is 55.4 Å². The number of aryl methyl sites for hydroxylation is 1. The number of esters is 2. The summed E-state index contributed by atoms with van der Waals surface area (Å²) in [4.78, 5) is 50.3. The Labute approximate surface area is 252 Å². The second kappa shape index (κ2) is 17.3. The molecule has 1 N–H and O–H groups in total. The number of ketones is 1. The van der Waals surface area contributed by atoms with Crippen LogP contribution in [-0.2, 0) is 43.4 Å². The number of sulfonamides is 1. The molecule has 0 saturated carbocycles. The third-order valence-electron chi connectivity index (χ3n) is 6.04. The second-order valence-corrected chi connectivity index (χ2v) is 11.1. The van der Waals surface area contributed by atoms with E-state index in [0.717, 1.165) is 9.87 Å². The molecule has 2 aromatic rings. The van der Waals surface area contributed by atoms with E-state index in [1.807, 2.05) is 6.92 Å². The second-order valence-electron chi connectivity index (χ2n) is 9.20. The summed E-state index contributed by atoms with van der Waals surface area (Å²) in [7, 11) is -4.22. The SMILES string of the molecule is CCOC(=O)CCC(NC(=O)c1ccc(N(CC(=O)C(OCC)OCC)S(=O)(=O)c2ccc(C)cc2)cc1)C(=O)OCC. The number of nitrogens with one attached hydrogen (secondary N) is 1. The van der Waals surface area contributed by atoms with Crippen molar-refractivity contribution in [2.24, 2.45) is 0 Å². The van der Waals surface area contributed by atoms with Crippen LogP contribution in [0.1, 0.15) is 56.5 Å². The van der Waals surface area contributed by atoms with Crippen molar-refractivity contribution < 1.29 is 46.5 Å². The first-order valence-electron chi connectivity index (χ1n) is 14.1. The van der Waals surface area contributed by atoms with Crippen LogP contribution in [0.5, 0.6) is 0 Å². The Bertz CT molecular complexity index is 1320. The highest BCUT2D eigenvalue weighted by atomic mass is 32.2. The molecule has 12 nitrogen and oxygen atoms in total. The number of carbonyl (C=O) groups excluding carboxylic acids is 4. The highest BCUT2D eigenvalue weighted by molar-refractivity contribution is 7.92. The first kappa shape index (κ1) is 35.4. The topological polar surface area (TPSA) is 155 Å². The van der Waals surface area contributed by atoms with E-state index in [4.69, 9.17) is 18.9 Å². The molecular weight excluding hydrogens is 580 g/mol. The number of rotatable bonds is 18. The van der Waals surface area contributed by atoms with Crippen molar-refractivity contribution in [2.45, 2.75) is 64.7 Å². The van der Waals surface area contributed by atoms with E-state index < -0.39 is 52.5 Å². The number of Topliss-reactive ketones (excluding diaryl/α,β-unsaturated/α-hetero) is 1. The van der Waals surface area contributed by atoms with Gasteiger partial charge in [-0.3, -0.25) is 18.7 Å². The minimum Gasteiger partial charge on any atom is -0.466 e. The van der Waals surface area contributed by atoms with Gasteiger partial charge in [-0.05, 0) is 77.4 Å². The molecule has 0 aromatic heterocycles. The normalized spacial score (nSPS) is 12.0. The molecule has 43 heavy (non-hydrogen) atoms. The fraction of sp³-hybridized carbons (Fsp3) is 0.467. The summed E-state index contributed by atoms with van der Waals surface area (Å²) in [5.74, 6) is -2.48. The van der Waals surface area contributed by atoms with Crippen LogP contribution in [0.2, 0.25) is 0 Å². The molecular formula is C30H40N2O10S. The van der Waals surface area contributed by atoms with Crippen LogP contribution in [0, 0.1) is 6.92 Å². The van der Waals surface area contributed by atoms with Gasteiger partial charge in [0, 0.05) is 25.2 Å². The third-order valence-corrected chi connectivity index (χ3v) is 7.83. The van der Waals surface area contributed by atoms with Crippen LogP contribution in [0.15, 0.2) is 53.4 Å². The van der Waals surface area contributed by atoms with Crippen LogP contribution in [0.3, 0.4) is 0 Å². The Hall–Kier alpha value is -3.81. The van der Waals surface area contributed by atoms with Crippen LogP contribution < -0.4 is 9.62 Å². The molecule has 2 rings (SSSR count). The Morgan fingerprint density at radius 1 is 0.814 bits per heavy atom. The Kier molecular flexibility index (Phi) is 14.3. The average Bonchev–Trinajstić information content (AvgIpc) is 2.98. The van der Waals surface area contributed by atoms with Gasteiger partial charge in [-0.1, -0.05) is 17.7 Å². The predicted molar refractivity (Wildman–Crippen MR) is 158 cm³/mol. The molecule has 0 radical (unpaired) electrons. The van der Waals surface area contributed by atoms with Gasteiger partial charge in [-0.2, -0.15) is 0 Å². The van der Waals surface area contributed by atoms with Crippen molar-refractivity contribution >= 4 is 39.3 Å². The summed E-state index contributed by atoms with van der Waals surface area (Å²) in [6.45, 7) is 8.50. The zero-order chi connectivity index (χ0) is 32.0. The minimum absolute atomic E-state index is 0.0315. The number of hydrogen-bond donors (Lipinski definition) is 1. The Morgan fingerprint density at radius 2 is 1.40 bits per heavy atom. The molecule has 0 aliphatic carbocycles. The maximum absolute atomic E-state index is 13.7. The van der Waals surface area contributed by atoms with Gasteiger partial charge in [-0.15, -0.1) is 0 Å². The number of carbonyl (C=O) groups is 4. The van der Waals surface area contributed by atoms with Crippen molar-refractivity contribution in [1.82, 2.24) is 5.32 Å². The highest BCUT2D eigenvalue weighted by Crippen LogP contribution is 2.25. The van der Waals surface area contributed by atoms with Gasteiger partial charge in [0.15, 0.2) is 0 Å². The molecule has 0 heterocycles. The molecule has 13 heteroatoms. The maximum atomic E-state index is 13.7. The van der Waals surface area contributed by atoms with E-state index in [9.17, 15) is 27.6 Å². The van der Waals surface area contributed by atoms with Gasteiger partial charge < -0.3 is 24.3 Å². The zero-order valence-corrected chi connectivity index (χ0v) is 26.0. The smallest absolute Gasteiger partial charge is 0.328 e. The number of hydrogen-bond acceptors (Lipinski definition) is 10. The molecule has 1 atom stereocenters. The van der Waals surface area contributed by atoms with Gasteiger partial charge in [0.25, 0.3) is 15.9 Å². The van der Waals surface area contributed by atoms with E-state index in [2.05, 4.69) is 5.32 Å². The van der Waals surface area contributed by atoms with E-state index in [1.165, 1.54) is 36.4 Å². The summed E-state index contributed by atoms with van der Waals surface area (Å²) in [6.07, 6.45) is -1.40. The van der Waals surface area contributed by atoms with Gasteiger partial charge in [-0.25, -0.2) is 13.2 Å². The molecule has 0 fully saturated rings. The predicted octanol–water partition coefficient (Wildman–Crippen LogP) is 3.16. The van der Waals surface area contributed by atoms with Gasteiger partial charge in [0.05, 0.1) is 30.3 Å². The first-order valence-corrected chi connectivity index (χ1v) is 15.5. The fourth-order valence-corrected chi connectivity index (χ4v) is 5.34. The van der Waals surface area contributed by atoms with E-state index in [1.54, 1.807) is 39.8 Å². The summed E-state index contributed by atoms with van der Waals surface area (Å²) < 4.78 is 49.0. The third kappa shape index (κ3) is 10.4. The van der Waals surface area contributed by atoms with E-state index >= 15 is 0 Å². The molecule has 0 bridgehead atoms. The fourth-order valence-electron chi connectivity index (χ4n) is 3.91. The lowest BCUT2D eigenvalue weighted by molar-refractivity contribution is -0.166. The standard InChI is InChI=1S/C30H40N2O10S/c1-6-39-27(34)19-18-25(29(36)40-7-2)31-28(35)22-12-14-23(15-13-22)32(20-26(33)30(41-8-3)42-9-4)43(37,38)24-16-10-21(5)11-17-24/h10-17,25,30H,6-9,18-20H2,1-5H3,(H,31,35). The summed E-state index contributed by atoms with van der Waals surface area (Å²) in [5.41, 5.74) is 1.07. The average molecular weight is 621 g/mol. The quantitative estimate of drug-likeness (QED) is 0.194. The number of nitrogens with zero attached hydrogens (tertiary/aromatic N) is 1. The lowest BCUT2D eigenvalue weighted by atomic mass is 10.1. The van der Waals surface area contributed by atoms with Gasteiger partial charge >= 0.3 is 11.9 Å². The van der Waals surface area contributed by atoms with Gasteiger partial charge in [0.2, 0.25) is 12.1 Å². The van der Waals surface area contributed by atoms with Crippen LogP contribution in [0.4, 0.5) is 5.69 Å².